The number of amides is 1. The Hall–Kier alpha value is -1.07. The van der Waals surface area contributed by atoms with Crippen molar-refractivity contribution in [1.29, 1.82) is 0 Å². The van der Waals surface area contributed by atoms with Crippen LogP contribution in [0.5, 0.6) is 0 Å². The Morgan fingerprint density at radius 3 is 2.58 bits per heavy atom. The maximum atomic E-state index is 11.8. The fourth-order valence-corrected chi connectivity index (χ4v) is 1.64. The molecule has 4 nitrogen and oxygen atoms in total. The average Bonchev–Trinajstić information content (AvgIpc) is 2.37. The van der Waals surface area contributed by atoms with Crippen molar-refractivity contribution >= 4 is 51.6 Å². The second-order valence-electron chi connectivity index (χ2n) is 3.81. The van der Waals surface area contributed by atoms with Gasteiger partial charge in [-0.1, -0.05) is 59.1 Å². The van der Waals surface area contributed by atoms with E-state index in [4.69, 9.17) is 34.8 Å². The molecule has 0 radical (unpaired) electrons. The molecule has 1 aromatic carbocycles. The van der Waals surface area contributed by atoms with Crippen molar-refractivity contribution in [2.45, 2.75) is 10.0 Å². The van der Waals surface area contributed by atoms with Crippen LogP contribution in [0.3, 0.4) is 0 Å². The Labute approximate surface area is 124 Å². The molecule has 1 atom stereocenters. The van der Waals surface area contributed by atoms with E-state index in [2.05, 4.69) is 10.3 Å². The van der Waals surface area contributed by atoms with Crippen molar-refractivity contribution in [3.8, 4) is 0 Å². The number of aliphatic hydroxyl groups excluding tert-OH is 1. The molecule has 0 aliphatic heterocycles. The Kier molecular flexibility index (Phi) is 4.16. The third-order valence-electron chi connectivity index (χ3n) is 2.41. The molecule has 0 saturated heterocycles. The smallest absolute Gasteiger partial charge is 0.271 e. The topological polar surface area (TPSA) is 62.2 Å². The molecular formula is C12H9Cl3N2O2. The SMILES string of the molecule is O=C(N[C@@H](O)C(Cl)(Cl)Cl)c1ccc2ccccc2n1. The fraction of sp³-hybridized carbons (Fsp3) is 0.167. The van der Waals surface area contributed by atoms with Crippen LogP contribution in [0.15, 0.2) is 36.4 Å². The summed E-state index contributed by atoms with van der Waals surface area (Å²) in [6, 6.07) is 10.6. The van der Waals surface area contributed by atoms with Gasteiger partial charge in [0.15, 0.2) is 6.23 Å². The fourth-order valence-electron chi connectivity index (χ4n) is 1.47. The number of alkyl halides is 3. The summed E-state index contributed by atoms with van der Waals surface area (Å²) in [4.78, 5) is 16.0. The van der Waals surface area contributed by atoms with Crippen molar-refractivity contribution in [2.24, 2.45) is 0 Å². The monoisotopic (exact) mass is 318 g/mol. The van der Waals surface area contributed by atoms with Gasteiger partial charge in [0, 0.05) is 5.39 Å². The van der Waals surface area contributed by atoms with E-state index in [0.29, 0.717) is 5.52 Å². The zero-order valence-electron chi connectivity index (χ0n) is 9.48. The summed E-state index contributed by atoms with van der Waals surface area (Å²) in [7, 11) is 0. The van der Waals surface area contributed by atoms with Crippen molar-refractivity contribution in [3.05, 3.63) is 42.1 Å². The van der Waals surface area contributed by atoms with Gasteiger partial charge in [-0.2, -0.15) is 0 Å². The normalized spacial score (nSPS) is 13.3. The molecule has 2 rings (SSSR count). The number of nitrogens with zero attached hydrogens (tertiary/aromatic N) is 1. The molecule has 2 N–H and O–H groups in total. The highest BCUT2D eigenvalue weighted by Crippen LogP contribution is 2.29. The van der Waals surface area contributed by atoms with Gasteiger partial charge in [0.1, 0.15) is 5.69 Å². The summed E-state index contributed by atoms with van der Waals surface area (Å²) in [6.45, 7) is 0. The van der Waals surface area contributed by atoms with Crippen molar-refractivity contribution in [1.82, 2.24) is 10.3 Å². The number of benzene rings is 1. The first kappa shape index (κ1) is 14.3. The van der Waals surface area contributed by atoms with Crippen molar-refractivity contribution < 1.29 is 9.90 Å². The molecule has 19 heavy (non-hydrogen) atoms. The number of hydrogen-bond donors (Lipinski definition) is 2. The van der Waals surface area contributed by atoms with Gasteiger partial charge in [-0.15, -0.1) is 0 Å². The van der Waals surface area contributed by atoms with E-state index in [0.717, 1.165) is 5.39 Å². The molecule has 0 aliphatic carbocycles. The predicted octanol–water partition coefficient (Wildman–Crippen LogP) is 2.65. The number of rotatable bonds is 2. The van der Waals surface area contributed by atoms with Gasteiger partial charge in [0.2, 0.25) is 3.79 Å². The number of hydrogen-bond acceptors (Lipinski definition) is 3. The molecule has 1 amide bonds. The van der Waals surface area contributed by atoms with E-state index in [1.807, 2.05) is 18.2 Å². The minimum atomic E-state index is -1.99. The average molecular weight is 320 g/mol. The molecule has 0 unspecified atom stereocenters. The molecule has 1 heterocycles. The first-order valence-corrected chi connectivity index (χ1v) is 6.43. The lowest BCUT2D eigenvalue weighted by molar-refractivity contribution is 0.0787. The number of para-hydroxylation sites is 1. The maximum Gasteiger partial charge on any atom is 0.271 e. The summed E-state index contributed by atoms with van der Waals surface area (Å²) >= 11 is 16.4. The van der Waals surface area contributed by atoms with Crippen LogP contribution in [-0.2, 0) is 0 Å². The summed E-state index contributed by atoms with van der Waals surface area (Å²) < 4.78 is -1.99. The second-order valence-corrected chi connectivity index (χ2v) is 6.18. The molecule has 1 aromatic heterocycles. The van der Waals surface area contributed by atoms with Crippen molar-refractivity contribution in [2.75, 3.05) is 0 Å². The predicted molar refractivity (Wildman–Crippen MR) is 75.5 cm³/mol. The summed E-state index contributed by atoms with van der Waals surface area (Å²) in [5.74, 6) is -0.621. The van der Waals surface area contributed by atoms with Crippen LogP contribution < -0.4 is 5.32 Å². The van der Waals surface area contributed by atoms with Gasteiger partial charge in [-0.3, -0.25) is 4.79 Å². The molecule has 0 saturated carbocycles. The maximum absolute atomic E-state index is 11.8. The minimum absolute atomic E-state index is 0.131. The van der Waals surface area contributed by atoms with E-state index >= 15 is 0 Å². The largest absolute Gasteiger partial charge is 0.369 e. The van der Waals surface area contributed by atoms with Crippen molar-refractivity contribution in [3.63, 3.8) is 0 Å². The molecule has 0 fully saturated rings. The van der Waals surface area contributed by atoms with E-state index < -0.39 is 15.9 Å². The van der Waals surface area contributed by atoms with Gasteiger partial charge in [-0.25, -0.2) is 4.98 Å². The van der Waals surface area contributed by atoms with Gasteiger partial charge in [0.05, 0.1) is 5.52 Å². The van der Waals surface area contributed by atoms with Crippen LogP contribution in [0.1, 0.15) is 10.5 Å². The standard InChI is InChI=1S/C12H9Cl3N2O2/c13-12(14,15)11(19)17-10(18)9-6-5-7-3-1-2-4-8(7)16-9/h1-6,11,19H,(H,17,18)/t11-/m0/s1. The highest BCUT2D eigenvalue weighted by atomic mass is 35.6. The molecular weight excluding hydrogens is 311 g/mol. The molecule has 0 spiro atoms. The van der Waals surface area contributed by atoms with Crippen LogP contribution in [0, 0.1) is 0 Å². The molecule has 0 bridgehead atoms. The van der Waals surface area contributed by atoms with Crippen LogP contribution in [0.25, 0.3) is 10.9 Å². The van der Waals surface area contributed by atoms with Gasteiger partial charge >= 0.3 is 0 Å². The summed E-state index contributed by atoms with van der Waals surface area (Å²) in [5.41, 5.74) is 0.797. The lowest BCUT2D eigenvalue weighted by Crippen LogP contribution is -2.43. The quantitative estimate of drug-likeness (QED) is 0.661. The number of aromatic nitrogens is 1. The number of carbonyl (C=O) groups is 1. The van der Waals surface area contributed by atoms with Gasteiger partial charge in [0.25, 0.3) is 5.91 Å². The lowest BCUT2D eigenvalue weighted by Gasteiger charge is -2.19. The highest BCUT2D eigenvalue weighted by Gasteiger charge is 2.32. The highest BCUT2D eigenvalue weighted by molar-refractivity contribution is 6.68. The number of nitrogens with one attached hydrogen (secondary N) is 1. The first-order valence-electron chi connectivity index (χ1n) is 5.29. The number of aliphatic hydroxyl groups is 1. The van der Waals surface area contributed by atoms with E-state index in [-0.39, 0.29) is 5.69 Å². The number of pyridine rings is 1. The van der Waals surface area contributed by atoms with Gasteiger partial charge in [-0.05, 0) is 12.1 Å². The Morgan fingerprint density at radius 1 is 1.21 bits per heavy atom. The zero-order chi connectivity index (χ0) is 14.0. The third kappa shape index (κ3) is 3.48. The van der Waals surface area contributed by atoms with Crippen LogP contribution in [0.4, 0.5) is 0 Å². The van der Waals surface area contributed by atoms with Crippen LogP contribution >= 0.6 is 34.8 Å². The Morgan fingerprint density at radius 2 is 1.89 bits per heavy atom. The second kappa shape index (κ2) is 5.51. The van der Waals surface area contributed by atoms with E-state index in [1.165, 1.54) is 6.07 Å². The summed E-state index contributed by atoms with van der Waals surface area (Å²) in [5, 5.41) is 12.5. The minimum Gasteiger partial charge on any atom is -0.369 e. The molecule has 0 aliphatic rings. The Balaban J connectivity index is 2.22. The van der Waals surface area contributed by atoms with Gasteiger partial charge < -0.3 is 10.4 Å². The first-order chi connectivity index (χ1) is 8.88. The van der Waals surface area contributed by atoms with Crippen LogP contribution in [-0.4, -0.2) is 26.0 Å². The molecule has 2 aromatic rings. The summed E-state index contributed by atoms with van der Waals surface area (Å²) in [6.07, 6.45) is -1.61. The number of fused-ring (bicyclic) bond motifs is 1. The zero-order valence-corrected chi connectivity index (χ0v) is 11.7. The molecule has 7 heteroatoms. The van der Waals surface area contributed by atoms with E-state index in [9.17, 15) is 9.90 Å². The number of carbonyl (C=O) groups excluding carboxylic acids is 1. The Bertz CT molecular complexity index is 613. The number of halogens is 3. The molecule has 100 valence electrons. The van der Waals surface area contributed by atoms with E-state index in [1.54, 1.807) is 12.1 Å². The van der Waals surface area contributed by atoms with Crippen LogP contribution in [0.2, 0.25) is 0 Å². The lowest BCUT2D eigenvalue weighted by atomic mass is 10.2. The third-order valence-corrected chi connectivity index (χ3v) is 3.03.